The van der Waals surface area contributed by atoms with E-state index in [2.05, 4.69) is 15.0 Å². The van der Waals surface area contributed by atoms with Gasteiger partial charge in [-0.15, -0.1) is 5.10 Å². The summed E-state index contributed by atoms with van der Waals surface area (Å²) in [4.78, 5) is 19.0. The van der Waals surface area contributed by atoms with Crippen molar-refractivity contribution in [3.8, 4) is 0 Å². The minimum Gasteiger partial charge on any atom is -0.349 e. The summed E-state index contributed by atoms with van der Waals surface area (Å²) in [5.41, 5.74) is 1.41. The molecule has 30 heavy (non-hydrogen) atoms. The molecule has 9 heteroatoms. The van der Waals surface area contributed by atoms with Gasteiger partial charge in [-0.1, -0.05) is 18.2 Å². The maximum atomic E-state index is 14.0. The maximum absolute atomic E-state index is 14.0. The fourth-order valence-corrected chi connectivity index (χ4v) is 4.62. The lowest BCUT2D eigenvalue weighted by Gasteiger charge is -2.20. The molecule has 1 aromatic carbocycles. The normalized spacial score (nSPS) is 20.1. The number of carbonyl (C=O) groups is 1. The summed E-state index contributed by atoms with van der Waals surface area (Å²) in [6.45, 7) is 2.19. The van der Waals surface area contributed by atoms with Gasteiger partial charge in [-0.2, -0.15) is 10.0 Å². The quantitative estimate of drug-likeness (QED) is 0.770. The van der Waals surface area contributed by atoms with Crippen LogP contribution in [0, 0.1) is 11.2 Å². The molecule has 1 fully saturated rings. The molecule has 1 saturated heterocycles. The van der Waals surface area contributed by atoms with Crippen molar-refractivity contribution in [2.24, 2.45) is 10.1 Å². The minimum absolute atomic E-state index is 0.00494. The van der Waals surface area contributed by atoms with Gasteiger partial charge in [0.25, 0.3) is 5.91 Å². The van der Waals surface area contributed by atoms with E-state index in [9.17, 15) is 9.18 Å². The topological polar surface area (TPSA) is 77.0 Å². The number of amides is 1. The Balaban J connectivity index is 1.43. The van der Waals surface area contributed by atoms with E-state index >= 15 is 0 Å². The van der Waals surface area contributed by atoms with Crippen molar-refractivity contribution in [3.05, 3.63) is 65.2 Å². The Morgan fingerprint density at radius 3 is 2.73 bits per heavy atom. The number of thioether (sulfide) groups is 1. The second-order valence-corrected chi connectivity index (χ2v) is 8.18. The van der Waals surface area contributed by atoms with Crippen molar-refractivity contribution < 1.29 is 9.18 Å². The molecule has 3 aliphatic rings. The van der Waals surface area contributed by atoms with Crippen LogP contribution in [0.4, 0.5) is 4.39 Å². The molecule has 0 radical (unpaired) electrons. The van der Waals surface area contributed by atoms with Crippen LogP contribution in [0.3, 0.4) is 0 Å². The van der Waals surface area contributed by atoms with E-state index in [1.54, 1.807) is 24.3 Å². The van der Waals surface area contributed by atoms with Gasteiger partial charge >= 0.3 is 0 Å². The third-order valence-corrected chi connectivity index (χ3v) is 6.25. The fraction of sp³-hybridized carbons (Fsp3) is 0.238. The fourth-order valence-electron chi connectivity index (χ4n) is 3.68. The number of aromatic nitrogens is 1. The van der Waals surface area contributed by atoms with Gasteiger partial charge in [-0.05, 0) is 48.9 Å². The van der Waals surface area contributed by atoms with Crippen LogP contribution in [0.5, 0.6) is 0 Å². The van der Waals surface area contributed by atoms with Gasteiger partial charge in [-0.25, -0.2) is 4.39 Å². The Kier molecular flexibility index (Phi) is 4.74. The van der Waals surface area contributed by atoms with E-state index in [0.717, 1.165) is 31.1 Å². The predicted octanol–water partition coefficient (Wildman–Crippen LogP) is 3.35. The molecular weight excluding hydrogens is 403 g/mol. The highest BCUT2D eigenvalue weighted by Gasteiger charge is 2.37. The summed E-state index contributed by atoms with van der Waals surface area (Å²) < 4.78 is 15.9. The molecule has 5 rings (SSSR count). The van der Waals surface area contributed by atoms with E-state index in [1.165, 1.54) is 22.8 Å². The summed E-state index contributed by atoms with van der Waals surface area (Å²) in [5.74, 6) is -0.737. The van der Waals surface area contributed by atoms with Crippen LogP contribution in [0.25, 0.3) is 6.08 Å². The molecule has 0 atom stereocenters. The van der Waals surface area contributed by atoms with Crippen LogP contribution in [-0.4, -0.2) is 49.6 Å². The van der Waals surface area contributed by atoms with Crippen molar-refractivity contribution in [1.82, 2.24) is 14.5 Å². The number of hydrazone groups is 1. The first kappa shape index (κ1) is 18.8. The lowest BCUT2D eigenvalue weighted by atomic mass is 10.1. The van der Waals surface area contributed by atoms with Gasteiger partial charge < -0.3 is 9.47 Å². The number of nitrogens with one attached hydrogen (secondary N) is 1. The molecule has 0 aliphatic carbocycles. The summed E-state index contributed by atoms with van der Waals surface area (Å²) in [6, 6.07) is 10.2. The van der Waals surface area contributed by atoms with E-state index < -0.39 is 5.91 Å². The smallest absolute Gasteiger partial charge is 0.283 e. The Bertz CT molecular complexity index is 1130. The van der Waals surface area contributed by atoms with Crippen LogP contribution in [0.2, 0.25) is 0 Å². The lowest BCUT2D eigenvalue weighted by molar-refractivity contribution is -0.114. The second kappa shape index (κ2) is 7.56. The number of amidine groups is 3. The number of fused-ring (bicyclic) bond motifs is 1. The Hall–Kier alpha value is -3.20. The SMILES string of the molecule is N=C1/C(=C\c2cccn2Cc2ccccc2F)C(=O)N=C2SC(N3CCCC3)=NN12. The number of nitrogens with zero attached hydrogens (tertiary/aromatic N) is 5. The summed E-state index contributed by atoms with van der Waals surface area (Å²) >= 11 is 1.33. The first-order valence-electron chi connectivity index (χ1n) is 9.74. The molecule has 0 unspecified atom stereocenters. The molecule has 0 spiro atoms. The number of aliphatic imine (C=N–C) groups is 1. The number of benzene rings is 1. The number of hydrogen-bond donors (Lipinski definition) is 1. The zero-order valence-electron chi connectivity index (χ0n) is 16.1. The molecule has 0 bridgehead atoms. The highest BCUT2D eigenvalue weighted by atomic mass is 32.2. The van der Waals surface area contributed by atoms with Crippen molar-refractivity contribution in [1.29, 1.82) is 5.41 Å². The summed E-state index contributed by atoms with van der Waals surface area (Å²) in [5, 5.41) is 15.7. The minimum atomic E-state index is -0.463. The average molecular weight is 422 g/mol. The van der Waals surface area contributed by atoms with Crippen LogP contribution in [-0.2, 0) is 11.3 Å². The molecular formula is C21H19FN6OS. The largest absolute Gasteiger partial charge is 0.349 e. The number of carbonyl (C=O) groups excluding carboxylic acids is 1. The monoisotopic (exact) mass is 422 g/mol. The number of hydrogen-bond acceptors (Lipinski definition) is 5. The van der Waals surface area contributed by atoms with Crippen LogP contribution in [0.1, 0.15) is 24.1 Å². The number of rotatable bonds is 3. The van der Waals surface area contributed by atoms with Crippen molar-refractivity contribution >= 4 is 39.9 Å². The average Bonchev–Trinajstić information content (AvgIpc) is 3.48. The van der Waals surface area contributed by atoms with Gasteiger partial charge in [0.2, 0.25) is 5.17 Å². The van der Waals surface area contributed by atoms with Gasteiger partial charge in [0.05, 0.1) is 12.1 Å². The zero-order valence-corrected chi connectivity index (χ0v) is 16.9. The van der Waals surface area contributed by atoms with Crippen molar-refractivity contribution in [3.63, 3.8) is 0 Å². The zero-order chi connectivity index (χ0) is 20.7. The molecule has 7 nitrogen and oxygen atoms in total. The van der Waals surface area contributed by atoms with Gasteiger partial charge in [0.15, 0.2) is 11.0 Å². The molecule has 2 aromatic rings. The van der Waals surface area contributed by atoms with Gasteiger partial charge in [0.1, 0.15) is 5.82 Å². The van der Waals surface area contributed by atoms with Crippen LogP contribution >= 0.6 is 11.8 Å². The predicted molar refractivity (Wildman–Crippen MR) is 116 cm³/mol. The third-order valence-electron chi connectivity index (χ3n) is 5.28. The Morgan fingerprint density at radius 1 is 1.13 bits per heavy atom. The molecule has 3 aliphatic heterocycles. The van der Waals surface area contributed by atoms with Gasteiger partial charge in [-0.3, -0.25) is 10.2 Å². The standard InChI is InChI=1S/C21H19FN6OS/c22-17-8-2-1-6-14(17)13-27-11-5-7-15(27)12-16-18(23)28-20(24-19(16)29)30-21(25-28)26-9-3-4-10-26/h1-2,5-8,11-12,23H,3-4,9-10,13H2/b16-12+,23-18?. The molecule has 152 valence electrons. The van der Waals surface area contributed by atoms with Crippen LogP contribution < -0.4 is 0 Å². The Morgan fingerprint density at radius 2 is 1.93 bits per heavy atom. The molecule has 4 heterocycles. The van der Waals surface area contributed by atoms with Crippen molar-refractivity contribution in [2.45, 2.75) is 19.4 Å². The molecule has 0 saturated carbocycles. The second-order valence-electron chi connectivity index (χ2n) is 7.25. The molecule has 1 aromatic heterocycles. The van der Waals surface area contributed by atoms with E-state index in [1.807, 2.05) is 22.9 Å². The van der Waals surface area contributed by atoms with Crippen LogP contribution in [0.15, 0.2) is 58.3 Å². The van der Waals surface area contributed by atoms with E-state index in [4.69, 9.17) is 5.41 Å². The highest BCUT2D eigenvalue weighted by molar-refractivity contribution is 8.26. The Labute approximate surface area is 177 Å². The molecule has 1 N–H and O–H groups in total. The van der Waals surface area contributed by atoms with Crippen molar-refractivity contribution in [2.75, 3.05) is 13.1 Å². The molecule has 1 amide bonds. The summed E-state index contributed by atoms with van der Waals surface area (Å²) in [6.07, 6.45) is 5.68. The highest BCUT2D eigenvalue weighted by Crippen LogP contribution is 2.30. The first-order valence-corrected chi connectivity index (χ1v) is 10.6. The number of halogens is 1. The van der Waals surface area contributed by atoms with E-state index in [-0.39, 0.29) is 17.2 Å². The van der Waals surface area contributed by atoms with E-state index in [0.29, 0.717) is 23.0 Å². The maximum Gasteiger partial charge on any atom is 0.283 e. The first-order chi connectivity index (χ1) is 14.6. The summed E-state index contributed by atoms with van der Waals surface area (Å²) in [7, 11) is 0. The third kappa shape index (κ3) is 3.35. The van der Waals surface area contributed by atoms with Gasteiger partial charge in [0, 0.05) is 30.5 Å². The number of likely N-dealkylation sites (tertiary alicyclic amines) is 1. The lowest BCUT2D eigenvalue weighted by Crippen LogP contribution is -2.35.